The molecule has 0 saturated heterocycles. The number of amides is 1. The van der Waals surface area contributed by atoms with Gasteiger partial charge < -0.3 is 19.6 Å². The third kappa shape index (κ3) is 3.68. The zero-order valence-corrected chi connectivity index (χ0v) is 12.5. The average Bonchev–Trinajstić information content (AvgIpc) is 3.29. The molecule has 0 bridgehead atoms. The summed E-state index contributed by atoms with van der Waals surface area (Å²) in [7, 11) is 0. The van der Waals surface area contributed by atoms with Crippen molar-refractivity contribution >= 4 is 17.6 Å². The summed E-state index contributed by atoms with van der Waals surface area (Å²) in [5, 5.41) is 11.3. The first kappa shape index (κ1) is 15.1. The summed E-state index contributed by atoms with van der Waals surface area (Å²) in [6.45, 7) is 1.33. The van der Waals surface area contributed by atoms with Gasteiger partial charge in [-0.15, -0.1) is 0 Å². The minimum Gasteiger partial charge on any atom is -0.482 e. The topological polar surface area (TPSA) is 102 Å². The first-order valence-corrected chi connectivity index (χ1v) is 7.26. The van der Waals surface area contributed by atoms with Crippen LogP contribution in [-0.4, -0.2) is 28.6 Å². The predicted octanol–water partition coefficient (Wildman–Crippen LogP) is 2.58. The molecule has 0 spiro atoms. The molecule has 1 aliphatic rings. The molecule has 3 rings (SSSR count). The number of hydrogen-bond acceptors (Lipinski definition) is 5. The Balaban J connectivity index is 1.64. The summed E-state index contributed by atoms with van der Waals surface area (Å²) < 4.78 is 10.6. The number of nitrogens with zero attached hydrogens (tertiary/aromatic N) is 1. The SMILES string of the molecule is Cc1nc(C2CC2)oc1C(=O)Nc1ccc(OCC(=O)O)cc1. The van der Waals surface area contributed by atoms with Gasteiger partial charge in [0.2, 0.25) is 5.76 Å². The van der Waals surface area contributed by atoms with Crippen LogP contribution in [0.4, 0.5) is 5.69 Å². The lowest BCUT2D eigenvalue weighted by atomic mass is 10.3. The van der Waals surface area contributed by atoms with E-state index in [-0.39, 0.29) is 11.7 Å². The molecule has 0 atom stereocenters. The average molecular weight is 316 g/mol. The Hall–Kier alpha value is -2.83. The van der Waals surface area contributed by atoms with Crippen LogP contribution in [0.2, 0.25) is 0 Å². The molecule has 23 heavy (non-hydrogen) atoms. The van der Waals surface area contributed by atoms with Crippen LogP contribution in [0, 0.1) is 6.92 Å². The van der Waals surface area contributed by atoms with E-state index in [1.807, 2.05) is 0 Å². The van der Waals surface area contributed by atoms with Crippen LogP contribution >= 0.6 is 0 Å². The van der Waals surface area contributed by atoms with Crippen molar-refractivity contribution in [1.29, 1.82) is 0 Å². The van der Waals surface area contributed by atoms with Crippen molar-refractivity contribution in [3.05, 3.63) is 41.6 Å². The summed E-state index contributed by atoms with van der Waals surface area (Å²) >= 11 is 0. The highest BCUT2D eigenvalue weighted by Crippen LogP contribution is 2.40. The molecule has 1 aromatic carbocycles. The van der Waals surface area contributed by atoms with Crippen molar-refractivity contribution in [2.45, 2.75) is 25.7 Å². The van der Waals surface area contributed by atoms with Gasteiger partial charge in [0.25, 0.3) is 5.91 Å². The summed E-state index contributed by atoms with van der Waals surface area (Å²) in [4.78, 5) is 27.0. The molecule has 1 heterocycles. The number of oxazole rings is 1. The normalized spacial score (nSPS) is 13.6. The van der Waals surface area contributed by atoms with E-state index in [1.165, 1.54) is 0 Å². The van der Waals surface area contributed by atoms with Crippen LogP contribution in [-0.2, 0) is 4.79 Å². The number of anilines is 1. The third-order valence-electron chi connectivity index (χ3n) is 3.42. The molecule has 2 aromatic rings. The van der Waals surface area contributed by atoms with Crippen LogP contribution in [0.3, 0.4) is 0 Å². The van der Waals surface area contributed by atoms with E-state index in [0.717, 1.165) is 12.8 Å². The number of aromatic nitrogens is 1. The van der Waals surface area contributed by atoms with E-state index in [9.17, 15) is 9.59 Å². The van der Waals surface area contributed by atoms with Crippen molar-refractivity contribution in [2.75, 3.05) is 11.9 Å². The number of carbonyl (C=O) groups excluding carboxylic acids is 1. The number of carboxylic acid groups (broad SMARTS) is 1. The maximum atomic E-state index is 12.2. The number of carboxylic acids is 1. The van der Waals surface area contributed by atoms with Gasteiger partial charge in [0.1, 0.15) is 5.75 Å². The lowest BCUT2D eigenvalue weighted by molar-refractivity contribution is -0.139. The minimum absolute atomic E-state index is 0.220. The molecule has 7 nitrogen and oxygen atoms in total. The fraction of sp³-hybridized carbons (Fsp3) is 0.312. The van der Waals surface area contributed by atoms with Gasteiger partial charge in [-0.3, -0.25) is 4.79 Å². The van der Waals surface area contributed by atoms with Gasteiger partial charge in [0.15, 0.2) is 12.5 Å². The van der Waals surface area contributed by atoms with Crippen LogP contribution in [0.25, 0.3) is 0 Å². The Labute approximate surface area is 132 Å². The number of rotatable bonds is 6. The lowest BCUT2D eigenvalue weighted by Crippen LogP contribution is -2.12. The van der Waals surface area contributed by atoms with Gasteiger partial charge in [0.05, 0.1) is 5.69 Å². The first-order chi connectivity index (χ1) is 11.0. The molecule has 1 aromatic heterocycles. The summed E-state index contributed by atoms with van der Waals surface area (Å²) in [5.74, 6) is 0.206. The highest BCUT2D eigenvalue weighted by molar-refractivity contribution is 6.02. The van der Waals surface area contributed by atoms with Gasteiger partial charge in [-0.05, 0) is 44.0 Å². The Kier molecular flexibility index (Phi) is 4.01. The standard InChI is InChI=1S/C16H16N2O5/c1-9-14(23-16(17-9)10-2-3-10)15(21)18-11-4-6-12(7-5-11)22-8-13(19)20/h4-7,10H,2-3,8H2,1H3,(H,18,21)(H,19,20). The zero-order chi connectivity index (χ0) is 16.4. The predicted molar refractivity (Wildman–Crippen MR) is 80.7 cm³/mol. The number of benzene rings is 1. The summed E-state index contributed by atoms with van der Waals surface area (Å²) in [5.41, 5.74) is 1.13. The van der Waals surface area contributed by atoms with E-state index in [4.69, 9.17) is 14.3 Å². The number of nitrogens with one attached hydrogen (secondary N) is 1. The molecule has 1 amide bonds. The molecule has 1 aliphatic carbocycles. The van der Waals surface area contributed by atoms with Gasteiger partial charge in [0, 0.05) is 11.6 Å². The number of ether oxygens (including phenoxy) is 1. The molecule has 0 radical (unpaired) electrons. The number of aryl methyl sites for hydroxylation is 1. The van der Waals surface area contributed by atoms with Crippen LogP contribution in [0.15, 0.2) is 28.7 Å². The number of aliphatic carboxylic acids is 1. The first-order valence-electron chi connectivity index (χ1n) is 7.26. The maximum Gasteiger partial charge on any atom is 0.341 e. The molecular weight excluding hydrogens is 300 g/mol. The van der Waals surface area contributed by atoms with Crippen molar-refractivity contribution in [3.8, 4) is 5.75 Å². The largest absolute Gasteiger partial charge is 0.482 e. The van der Waals surface area contributed by atoms with Gasteiger partial charge in [-0.25, -0.2) is 9.78 Å². The molecule has 0 aliphatic heterocycles. The molecule has 120 valence electrons. The maximum absolute atomic E-state index is 12.2. The quantitative estimate of drug-likeness (QED) is 0.849. The molecule has 2 N–H and O–H groups in total. The van der Waals surface area contributed by atoms with Crippen molar-refractivity contribution in [2.24, 2.45) is 0 Å². The van der Waals surface area contributed by atoms with Gasteiger partial charge >= 0.3 is 5.97 Å². The Morgan fingerprint density at radius 2 is 2.04 bits per heavy atom. The third-order valence-corrected chi connectivity index (χ3v) is 3.42. The second-order valence-electron chi connectivity index (χ2n) is 5.40. The Bertz CT molecular complexity index is 731. The van der Waals surface area contributed by atoms with Crippen LogP contribution in [0.5, 0.6) is 5.75 Å². The van der Waals surface area contributed by atoms with Gasteiger partial charge in [-0.2, -0.15) is 0 Å². The molecule has 0 unspecified atom stereocenters. The van der Waals surface area contributed by atoms with Crippen molar-refractivity contribution in [3.63, 3.8) is 0 Å². The van der Waals surface area contributed by atoms with Crippen LogP contribution < -0.4 is 10.1 Å². The van der Waals surface area contributed by atoms with E-state index in [1.54, 1.807) is 31.2 Å². The van der Waals surface area contributed by atoms with Gasteiger partial charge in [-0.1, -0.05) is 0 Å². The van der Waals surface area contributed by atoms with E-state index in [0.29, 0.717) is 28.9 Å². The molecular formula is C16H16N2O5. The fourth-order valence-electron chi connectivity index (χ4n) is 2.10. The highest BCUT2D eigenvalue weighted by Gasteiger charge is 2.30. The number of hydrogen-bond donors (Lipinski definition) is 2. The van der Waals surface area contributed by atoms with E-state index < -0.39 is 12.6 Å². The Morgan fingerprint density at radius 3 is 2.65 bits per heavy atom. The summed E-state index contributed by atoms with van der Waals surface area (Å²) in [6, 6.07) is 6.42. The lowest BCUT2D eigenvalue weighted by Gasteiger charge is -2.06. The summed E-state index contributed by atoms with van der Waals surface area (Å²) in [6.07, 6.45) is 2.11. The van der Waals surface area contributed by atoms with E-state index >= 15 is 0 Å². The monoisotopic (exact) mass is 316 g/mol. The molecule has 1 fully saturated rings. The second kappa shape index (κ2) is 6.12. The molecule has 7 heteroatoms. The van der Waals surface area contributed by atoms with Crippen molar-refractivity contribution in [1.82, 2.24) is 4.98 Å². The second-order valence-corrected chi connectivity index (χ2v) is 5.40. The Morgan fingerprint density at radius 1 is 1.35 bits per heavy atom. The van der Waals surface area contributed by atoms with Crippen molar-refractivity contribution < 1.29 is 23.8 Å². The van der Waals surface area contributed by atoms with E-state index in [2.05, 4.69) is 10.3 Å². The fourth-order valence-corrected chi connectivity index (χ4v) is 2.10. The smallest absolute Gasteiger partial charge is 0.341 e. The van der Waals surface area contributed by atoms with Crippen LogP contribution in [0.1, 0.15) is 40.9 Å². The number of carbonyl (C=O) groups is 2. The highest BCUT2D eigenvalue weighted by atomic mass is 16.5. The molecule has 1 saturated carbocycles. The zero-order valence-electron chi connectivity index (χ0n) is 12.5. The minimum atomic E-state index is -1.05.